The van der Waals surface area contributed by atoms with Gasteiger partial charge >= 0.3 is 0 Å². The molecule has 3 N–H and O–H groups in total. The van der Waals surface area contributed by atoms with Crippen molar-refractivity contribution in [3.8, 4) is 0 Å². The number of likely N-dealkylation sites (tertiary alicyclic amines) is 1. The monoisotopic (exact) mass is 552 g/mol. The number of benzene rings is 1. The van der Waals surface area contributed by atoms with Gasteiger partial charge in [0, 0.05) is 49.9 Å². The van der Waals surface area contributed by atoms with Gasteiger partial charge < -0.3 is 20.5 Å². The lowest BCUT2D eigenvalue weighted by atomic mass is 9.81. The van der Waals surface area contributed by atoms with E-state index in [1.165, 1.54) is 12.1 Å². The molecule has 216 valence electrons. The minimum atomic E-state index is -0.615. The van der Waals surface area contributed by atoms with Crippen molar-refractivity contribution in [2.45, 2.75) is 83.0 Å². The summed E-state index contributed by atoms with van der Waals surface area (Å²) in [6.45, 7) is 4.11. The van der Waals surface area contributed by atoms with Crippen molar-refractivity contribution in [2.75, 3.05) is 19.6 Å². The first-order valence-electron chi connectivity index (χ1n) is 14.5. The smallest absolute Gasteiger partial charge is 0.276 e. The minimum Gasteiger partial charge on any atom is -0.361 e. The lowest BCUT2D eigenvalue weighted by molar-refractivity contribution is -0.384. The molecule has 2 saturated carbocycles. The lowest BCUT2D eigenvalue weighted by Crippen LogP contribution is -2.58. The van der Waals surface area contributed by atoms with Crippen LogP contribution in [0.25, 0.3) is 0 Å². The third-order valence-corrected chi connectivity index (χ3v) is 8.77. The number of nitro groups is 1. The second kappa shape index (κ2) is 12.5. The van der Waals surface area contributed by atoms with Gasteiger partial charge in [0.05, 0.1) is 4.92 Å². The molecule has 2 amide bonds. The summed E-state index contributed by atoms with van der Waals surface area (Å²) in [6, 6.07) is 8.22. The number of rotatable bonds is 10. The summed E-state index contributed by atoms with van der Waals surface area (Å²) in [5.74, 6) is 1.05. The number of amides is 2. The van der Waals surface area contributed by atoms with Crippen molar-refractivity contribution in [1.29, 1.82) is 0 Å². The molecule has 5 rings (SSSR count). The van der Waals surface area contributed by atoms with Crippen LogP contribution in [0.2, 0.25) is 0 Å². The second-order valence-electron chi connectivity index (χ2n) is 11.7. The summed E-state index contributed by atoms with van der Waals surface area (Å²) in [6.07, 6.45) is 7.81. The van der Waals surface area contributed by atoms with E-state index in [-0.39, 0.29) is 29.2 Å². The average molecular weight is 553 g/mol. The molecule has 11 heteroatoms. The highest BCUT2D eigenvalue weighted by Crippen LogP contribution is 2.35. The van der Waals surface area contributed by atoms with E-state index in [1.54, 1.807) is 17.9 Å². The van der Waals surface area contributed by atoms with Crippen LogP contribution in [0.15, 0.2) is 34.9 Å². The molecule has 2 aromatic rings. The van der Waals surface area contributed by atoms with Gasteiger partial charge in [0.1, 0.15) is 11.8 Å². The Morgan fingerprint density at radius 3 is 2.52 bits per heavy atom. The number of nitrogens with two attached hydrogens (primary N) is 1. The van der Waals surface area contributed by atoms with Crippen LogP contribution in [0.1, 0.15) is 73.2 Å². The standard InChI is InChI=1S/C29H40N6O5/c1-19-13-26(32-40-19)29(37)33-12-11-25(15-27(33)28(36)31-17-22-4-2-3-21(14-22)16-30)34(23-9-10-23)18-20-5-7-24(8-6-20)35(38)39/h5-8,13,21-23,25,27H,2-4,9-12,14-18,30H2,1H3,(H,31,36)/t21?,22?,25?,27-/m1/s1. The number of nitro benzene ring substituents is 1. The van der Waals surface area contributed by atoms with Crippen LogP contribution >= 0.6 is 0 Å². The predicted octanol–water partition coefficient (Wildman–Crippen LogP) is 3.41. The number of aromatic nitrogens is 1. The van der Waals surface area contributed by atoms with E-state index in [0.717, 1.165) is 50.5 Å². The Balaban J connectivity index is 1.31. The summed E-state index contributed by atoms with van der Waals surface area (Å²) in [5.41, 5.74) is 7.21. The molecule has 0 radical (unpaired) electrons. The Bertz CT molecular complexity index is 1200. The van der Waals surface area contributed by atoms with Crippen molar-refractivity contribution in [3.05, 3.63) is 57.5 Å². The summed E-state index contributed by atoms with van der Waals surface area (Å²) >= 11 is 0. The third-order valence-electron chi connectivity index (χ3n) is 8.77. The lowest BCUT2D eigenvalue weighted by Gasteiger charge is -2.43. The Hall–Kier alpha value is -3.31. The third kappa shape index (κ3) is 6.69. The van der Waals surface area contributed by atoms with Gasteiger partial charge in [-0.05, 0) is 75.8 Å². The number of hydrogen-bond acceptors (Lipinski definition) is 8. The molecule has 1 aliphatic heterocycles. The Morgan fingerprint density at radius 2 is 1.88 bits per heavy atom. The fourth-order valence-electron chi connectivity index (χ4n) is 6.41. The van der Waals surface area contributed by atoms with E-state index in [0.29, 0.717) is 56.2 Å². The zero-order chi connectivity index (χ0) is 28.2. The second-order valence-corrected chi connectivity index (χ2v) is 11.7. The number of carbonyl (C=O) groups excluding carboxylic acids is 2. The molecule has 0 spiro atoms. The SMILES string of the molecule is Cc1cc(C(=O)N2CCC(N(Cc3ccc([N+](=O)[O-])cc3)C3CC3)C[C@@H]2C(=O)NCC2CCCC(CN)C2)no1. The van der Waals surface area contributed by atoms with Gasteiger partial charge in [-0.2, -0.15) is 0 Å². The number of aryl methyl sites for hydroxylation is 1. The van der Waals surface area contributed by atoms with Crippen LogP contribution in [0, 0.1) is 28.9 Å². The van der Waals surface area contributed by atoms with Gasteiger partial charge in [-0.15, -0.1) is 0 Å². The molecule has 0 bridgehead atoms. The van der Waals surface area contributed by atoms with Gasteiger partial charge in [0.15, 0.2) is 5.69 Å². The number of carbonyl (C=O) groups is 2. The van der Waals surface area contributed by atoms with Gasteiger partial charge in [-0.25, -0.2) is 0 Å². The fraction of sp³-hybridized carbons (Fsp3) is 0.621. The first kappa shape index (κ1) is 28.2. The quantitative estimate of drug-likeness (QED) is 0.337. The van der Waals surface area contributed by atoms with E-state index in [2.05, 4.69) is 15.4 Å². The summed E-state index contributed by atoms with van der Waals surface area (Å²) in [7, 11) is 0. The van der Waals surface area contributed by atoms with E-state index >= 15 is 0 Å². The zero-order valence-corrected chi connectivity index (χ0v) is 23.2. The van der Waals surface area contributed by atoms with Gasteiger partial charge in [0.2, 0.25) is 5.91 Å². The maximum absolute atomic E-state index is 13.7. The zero-order valence-electron chi connectivity index (χ0n) is 23.2. The Kier molecular flexibility index (Phi) is 8.80. The van der Waals surface area contributed by atoms with Crippen molar-refractivity contribution < 1.29 is 19.0 Å². The summed E-state index contributed by atoms with van der Waals surface area (Å²) in [4.78, 5) is 41.9. The van der Waals surface area contributed by atoms with Crippen molar-refractivity contribution in [3.63, 3.8) is 0 Å². The van der Waals surface area contributed by atoms with Crippen LogP contribution in [0.4, 0.5) is 5.69 Å². The molecule has 1 aromatic heterocycles. The molecule has 2 heterocycles. The number of nitrogens with zero attached hydrogens (tertiary/aromatic N) is 4. The van der Waals surface area contributed by atoms with Crippen molar-refractivity contribution >= 4 is 17.5 Å². The number of piperidine rings is 1. The van der Waals surface area contributed by atoms with Gasteiger partial charge in [-0.1, -0.05) is 23.7 Å². The van der Waals surface area contributed by atoms with Crippen molar-refractivity contribution in [2.24, 2.45) is 17.6 Å². The molecule has 3 fully saturated rings. The van der Waals surface area contributed by atoms with Crippen LogP contribution in [0.5, 0.6) is 0 Å². The molecular formula is C29H40N6O5. The van der Waals surface area contributed by atoms with E-state index in [9.17, 15) is 19.7 Å². The predicted molar refractivity (Wildman–Crippen MR) is 148 cm³/mol. The molecule has 11 nitrogen and oxygen atoms in total. The molecule has 3 unspecified atom stereocenters. The molecule has 2 aliphatic carbocycles. The van der Waals surface area contributed by atoms with E-state index < -0.39 is 11.0 Å². The van der Waals surface area contributed by atoms with Crippen LogP contribution in [-0.2, 0) is 11.3 Å². The maximum Gasteiger partial charge on any atom is 0.276 e. The van der Waals surface area contributed by atoms with E-state index in [4.69, 9.17) is 10.3 Å². The summed E-state index contributed by atoms with van der Waals surface area (Å²) in [5, 5.41) is 18.2. The van der Waals surface area contributed by atoms with Crippen LogP contribution < -0.4 is 11.1 Å². The fourth-order valence-corrected chi connectivity index (χ4v) is 6.41. The Labute approximate surface area is 234 Å². The molecule has 4 atom stereocenters. The van der Waals surface area contributed by atoms with Crippen molar-refractivity contribution in [1.82, 2.24) is 20.3 Å². The molecule has 1 saturated heterocycles. The normalized spacial score (nSPS) is 25.1. The molecule has 40 heavy (non-hydrogen) atoms. The molecule has 3 aliphatic rings. The highest BCUT2D eigenvalue weighted by molar-refractivity contribution is 5.96. The maximum atomic E-state index is 13.7. The summed E-state index contributed by atoms with van der Waals surface area (Å²) < 4.78 is 5.15. The van der Waals surface area contributed by atoms with Crippen LogP contribution in [0.3, 0.4) is 0 Å². The largest absolute Gasteiger partial charge is 0.361 e. The number of hydrogen-bond donors (Lipinski definition) is 2. The Morgan fingerprint density at radius 1 is 1.12 bits per heavy atom. The first-order chi connectivity index (χ1) is 19.3. The molecular weight excluding hydrogens is 512 g/mol. The van der Waals surface area contributed by atoms with Gasteiger partial charge in [-0.3, -0.25) is 24.6 Å². The highest BCUT2D eigenvalue weighted by Gasteiger charge is 2.42. The number of non-ortho nitro benzene ring substituents is 1. The molecule has 1 aromatic carbocycles. The first-order valence-corrected chi connectivity index (χ1v) is 14.5. The number of nitrogens with one attached hydrogen (secondary N) is 1. The highest BCUT2D eigenvalue weighted by atomic mass is 16.6. The van der Waals surface area contributed by atoms with E-state index in [1.807, 2.05) is 12.1 Å². The van der Waals surface area contributed by atoms with Crippen LogP contribution in [-0.4, -0.2) is 69.5 Å². The van der Waals surface area contributed by atoms with Gasteiger partial charge in [0.25, 0.3) is 11.6 Å². The topological polar surface area (TPSA) is 148 Å². The minimum absolute atomic E-state index is 0.0733. The average Bonchev–Trinajstić information content (AvgIpc) is 3.73.